The second kappa shape index (κ2) is 11.6. The summed E-state index contributed by atoms with van der Waals surface area (Å²) in [6, 6.07) is 15.5. The minimum atomic E-state index is -5.04. The number of rotatable bonds is 6. The van der Waals surface area contributed by atoms with E-state index in [4.69, 9.17) is 9.47 Å². The molecule has 41 heavy (non-hydrogen) atoms. The Bertz CT molecular complexity index is 1340. The van der Waals surface area contributed by atoms with Gasteiger partial charge in [0.2, 0.25) is 0 Å². The molecule has 0 bridgehead atoms. The van der Waals surface area contributed by atoms with Gasteiger partial charge in [-0.2, -0.15) is 26.3 Å². The summed E-state index contributed by atoms with van der Waals surface area (Å²) in [6.45, 7) is 1.64. The lowest BCUT2D eigenvalue weighted by Crippen LogP contribution is -2.51. The summed E-state index contributed by atoms with van der Waals surface area (Å²) in [6.07, 6.45) is -8.72. The quantitative estimate of drug-likeness (QED) is 0.340. The number of ether oxygens (including phenoxy) is 2. The topological polar surface area (TPSA) is 50.8 Å². The molecule has 0 radical (unpaired) electrons. The minimum absolute atomic E-state index is 0.0340. The number of nitrogens with one attached hydrogen (secondary N) is 1. The third-order valence-corrected chi connectivity index (χ3v) is 7.33. The first-order chi connectivity index (χ1) is 19.5. The van der Waals surface area contributed by atoms with Crippen LogP contribution in [-0.4, -0.2) is 42.6 Å². The van der Waals surface area contributed by atoms with Crippen molar-refractivity contribution < 1.29 is 40.6 Å². The molecule has 5 rings (SSSR count). The number of fused-ring (bicyclic) bond motifs is 1. The number of halogens is 6. The highest BCUT2D eigenvalue weighted by Gasteiger charge is 2.39. The Morgan fingerprint density at radius 3 is 2.15 bits per heavy atom. The smallest absolute Gasteiger partial charge is 0.416 e. The minimum Gasteiger partial charge on any atom is -0.486 e. The van der Waals surface area contributed by atoms with Crippen LogP contribution in [0.15, 0.2) is 66.7 Å². The van der Waals surface area contributed by atoms with Crippen LogP contribution in [0, 0.1) is 0 Å². The molecular weight excluding hydrogens is 550 g/mol. The van der Waals surface area contributed by atoms with Crippen molar-refractivity contribution in [3.63, 3.8) is 0 Å². The van der Waals surface area contributed by atoms with Crippen LogP contribution in [0.25, 0.3) is 0 Å². The normalized spacial score (nSPS) is 19.2. The summed E-state index contributed by atoms with van der Waals surface area (Å²) in [7, 11) is 0. The van der Waals surface area contributed by atoms with E-state index in [2.05, 4.69) is 5.32 Å². The van der Waals surface area contributed by atoms with Crippen molar-refractivity contribution in [1.29, 1.82) is 0 Å². The van der Waals surface area contributed by atoms with E-state index >= 15 is 0 Å². The molecule has 11 heteroatoms. The zero-order chi connectivity index (χ0) is 29.2. The first kappa shape index (κ1) is 28.8. The van der Waals surface area contributed by atoms with E-state index in [-0.39, 0.29) is 18.7 Å². The van der Waals surface area contributed by atoms with Crippen molar-refractivity contribution in [3.05, 3.63) is 94.5 Å². The maximum atomic E-state index is 13.5. The van der Waals surface area contributed by atoms with Gasteiger partial charge in [-0.3, -0.25) is 4.79 Å². The molecule has 2 aliphatic rings. The fourth-order valence-corrected chi connectivity index (χ4v) is 5.29. The lowest BCUT2D eigenvalue weighted by molar-refractivity contribution is -0.143. The first-order valence-corrected chi connectivity index (χ1v) is 13.2. The summed E-state index contributed by atoms with van der Waals surface area (Å²) in [5.74, 6) is 0.489. The van der Waals surface area contributed by atoms with E-state index in [1.54, 1.807) is 0 Å². The Labute approximate surface area is 233 Å². The summed E-state index contributed by atoms with van der Waals surface area (Å²) >= 11 is 0. The van der Waals surface area contributed by atoms with E-state index in [0.717, 1.165) is 11.1 Å². The number of carbonyl (C=O) groups is 1. The van der Waals surface area contributed by atoms with Gasteiger partial charge in [-0.25, -0.2) is 0 Å². The number of alkyl halides is 6. The summed E-state index contributed by atoms with van der Waals surface area (Å²) < 4.78 is 92.0. The van der Waals surface area contributed by atoms with Gasteiger partial charge in [-0.1, -0.05) is 36.4 Å². The fraction of sp³-hybridized carbons (Fsp3) is 0.367. The Morgan fingerprint density at radius 2 is 1.49 bits per heavy atom. The highest BCUT2D eigenvalue weighted by Crippen LogP contribution is 2.37. The third-order valence-electron chi connectivity index (χ3n) is 7.33. The van der Waals surface area contributed by atoms with Crippen LogP contribution in [-0.2, 0) is 25.3 Å². The highest BCUT2D eigenvalue weighted by atomic mass is 19.4. The molecule has 1 saturated heterocycles. The van der Waals surface area contributed by atoms with E-state index in [1.807, 2.05) is 48.5 Å². The van der Waals surface area contributed by atoms with Crippen molar-refractivity contribution >= 4 is 5.91 Å². The van der Waals surface area contributed by atoms with Crippen LogP contribution in [0.5, 0.6) is 11.5 Å². The Hall–Kier alpha value is -3.73. The second-order valence-electron chi connectivity index (χ2n) is 10.2. The predicted molar refractivity (Wildman–Crippen MR) is 139 cm³/mol. The molecule has 1 N–H and O–H groups in total. The van der Waals surface area contributed by atoms with Gasteiger partial charge >= 0.3 is 12.4 Å². The van der Waals surface area contributed by atoms with Crippen LogP contribution in [0.2, 0.25) is 0 Å². The van der Waals surface area contributed by atoms with Gasteiger partial charge < -0.3 is 19.7 Å². The molecular formula is C30H28F6N2O3. The van der Waals surface area contributed by atoms with E-state index < -0.39 is 41.0 Å². The van der Waals surface area contributed by atoms with Crippen LogP contribution in [0.4, 0.5) is 26.3 Å². The molecule has 2 atom stereocenters. The number of hydrogen-bond donors (Lipinski definition) is 1. The number of likely N-dealkylation sites (tertiary alicyclic amines) is 1. The summed E-state index contributed by atoms with van der Waals surface area (Å²) in [4.78, 5) is 14.9. The first-order valence-electron chi connectivity index (χ1n) is 13.2. The molecule has 0 aromatic heterocycles. The number of amides is 1. The molecule has 1 fully saturated rings. The fourth-order valence-electron chi connectivity index (χ4n) is 5.29. The van der Waals surface area contributed by atoms with Crippen LogP contribution in [0.1, 0.15) is 45.5 Å². The van der Waals surface area contributed by atoms with Crippen LogP contribution >= 0.6 is 0 Å². The largest absolute Gasteiger partial charge is 0.486 e. The zero-order valence-electron chi connectivity index (χ0n) is 21.9. The van der Waals surface area contributed by atoms with Gasteiger partial charge in [-0.05, 0) is 60.7 Å². The van der Waals surface area contributed by atoms with Gasteiger partial charge in [0.15, 0.2) is 11.5 Å². The number of piperidine rings is 1. The standard InChI is InChI=1S/C30H28F6N2O3/c31-29(32,33)22-14-21(15-23(16-22)30(34,35)36)28(39)38-9-8-24(17-25(38)12-19-4-2-1-3-5-19)37-18-20-6-7-26-27(13-20)41-11-10-40-26/h1-7,13-16,24-25,37H,8-12,17-18H2/t24-,25-/m0/s1. The Morgan fingerprint density at radius 1 is 0.829 bits per heavy atom. The van der Waals surface area contributed by atoms with Crippen molar-refractivity contribution in [2.24, 2.45) is 0 Å². The maximum absolute atomic E-state index is 13.5. The number of nitrogens with zero attached hydrogens (tertiary/aromatic N) is 1. The monoisotopic (exact) mass is 578 g/mol. The lowest BCUT2D eigenvalue weighted by atomic mass is 9.91. The SMILES string of the molecule is O=C(c1cc(C(F)(F)F)cc(C(F)(F)F)c1)N1CC[C@H](NCc2ccc3c(c2)OCCO3)C[C@@H]1Cc1ccccc1. The molecule has 2 aliphatic heterocycles. The third kappa shape index (κ3) is 6.95. The zero-order valence-corrected chi connectivity index (χ0v) is 21.9. The van der Waals surface area contributed by atoms with Crippen molar-refractivity contribution in [3.8, 4) is 11.5 Å². The van der Waals surface area contributed by atoms with E-state index in [0.29, 0.717) is 62.7 Å². The molecule has 0 aliphatic carbocycles. The molecule has 218 valence electrons. The van der Waals surface area contributed by atoms with Crippen molar-refractivity contribution in [2.45, 2.75) is 50.2 Å². The van der Waals surface area contributed by atoms with Gasteiger partial charge in [0, 0.05) is 30.7 Å². The lowest BCUT2D eigenvalue weighted by Gasteiger charge is -2.40. The van der Waals surface area contributed by atoms with Crippen molar-refractivity contribution in [1.82, 2.24) is 10.2 Å². The predicted octanol–water partition coefficient (Wildman–Crippen LogP) is 6.50. The number of carbonyl (C=O) groups excluding carboxylic acids is 1. The van der Waals surface area contributed by atoms with Gasteiger partial charge in [0.1, 0.15) is 13.2 Å². The van der Waals surface area contributed by atoms with Crippen LogP contribution < -0.4 is 14.8 Å². The summed E-state index contributed by atoms with van der Waals surface area (Å²) in [5, 5.41) is 3.49. The molecule has 5 nitrogen and oxygen atoms in total. The summed E-state index contributed by atoms with van der Waals surface area (Å²) in [5.41, 5.74) is -1.77. The molecule has 0 unspecified atom stereocenters. The van der Waals surface area contributed by atoms with Gasteiger partial charge in [-0.15, -0.1) is 0 Å². The number of benzene rings is 3. The molecule has 3 aromatic rings. The van der Waals surface area contributed by atoms with E-state index in [9.17, 15) is 31.1 Å². The second-order valence-corrected chi connectivity index (χ2v) is 10.2. The van der Waals surface area contributed by atoms with Gasteiger partial charge in [0.25, 0.3) is 5.91 Å². The highest BCUT2D eigenvalue weighted by molar-refractivity contribution is 5.95. The molecule has 0 saturated carbocycles. The Balaban J connectivity index is 1.36. The van der Waals surface area contributed by atoms with Crippen LogP contribution in [0.3, 0.4) is 0 Å². The number of hydrogen-bond acceptors (Lipinski definition) is 4. The molecule has 3 aromatic carbocycles. The van der Waals surface area contributed by atoms with E-state index in [1.165, 1.54) is 4.90 Å². The average molecular weight is 579 g/mol. The average Bonchev–Trinajstić information content (AvgIpc) is 2.95. The molecule has 0 spiro atoms. The molecule has 2 heterocycles. The van der Waals surface area contributed by atoms with Crippen molar-refractivity contribution in [2.75, 3.05) is 19.8 Å². The van der Waals surface area contributed by atoms with Gasteiger partial charge in [0.05, 0.1) is 11.1 Å². The maximum Gasteiger partial charge on any atom is 0.416 e. The Kier molecular flexibility index (Phi) is 8.17. The molecule has 1 amide bonds.